The summed E-state index contributed by atoms with van der Waals surface area (Å²) in [5, 5.41) is 4.63. The number of likely N-dealkylation sites (N-methyl/N-ethyl adjacent to an activating group) is 1. The summed E-state index contributed by atoms with van der Waals surface area (Å²) >= 11 is 5.96. The van der Waals surface area contributed by atoms with Gasteiger partial charge in [0, 0.05) is 17.5 Å². The van der Waals surface area contributed by atoms with Crippen molar-refractivity contribution in [2.45, 2.75) is 19.4 Å². The molecule has 2 aromatic rings. The van der Waals surface area contributed by atoms with Gasteiger partial charge in [0.1, 0.15) is 5.82 Å². The molecule has 0 aliphatic carbocycles. The largest absolute Gasteiger partial charge is 0.368 e. The van der Waals surface area contributed by atoms with Crippen LogP contribution in [0.3, 0.4) is 0 Å². The van der Waals surface area contributed by atoms with Crippen molar-refractivity contribution in [3.8, 4) is 0 Å². The molecule has 5 heteroatoms. The number of nitrogens with one attached hydrogen (secondary N) is 1. The summed E-state index contributed by atoms with van der Waals surface area (Å²) in [5.74, 6) is 0.783. The Morgan fingerprint density at radius 1 is 1.21 bits per heavy atom. The lowest BCUT2D eigenvalue weighted by Gasteiger charge is -2.32. The number of aromatic nitrogens is 2. The molecule has 0 aliphatic heterocycles. The summed E-state index contributed by atoms with van der Waals surface area (Å²) in [6.45, 7) is 5.12. The summed E-state index contributed by atoms with van der Waals surface area (Å²) in [6, 6.07) is 7.85. The van der Waals surface area contributed by atoms with E-state index in [-0.39, 0.29) is 10.8 Å². The number of benzene rings is 1. The third kappa shape index (κ3) is 3.14. The highest BCUT2D eigenvalue weighted by Crippen LogP contribution is 2.22. The molecule has 0 amide bonds. The maximum Gasteiger partial charge on any atom is 0.224 e. The first-order chi connectivity index (χ1) is 8.90. The van der Waals surface area contributed by atoms with Crippen molar-refractivity contribution in [3.05, 3.63) is 29.5 Å². The van der Waals surface area contributed by atoms with Crippen molar-refractivity contribution in [1.82, 2.24) is 14.9 Å². The van der Waals surface area contributed by atoms with Gasteiger partial charge in [-0.05, 0) is 51.7 Å². The minimum Gasteiger partial charge on any atom is -0.368 e. The van der Waals surface area contributed by atoms with Crippen LogP contribution in [0.15, 0.2) is 24.3 Å². The maximum absolute atomic E-state index is 5.96. The first-order valence-corrected chi connectivity index (χ1v) is 6.61. The summed E-state index contributed by atoms with van der Waals surface area (Å²) in [6.07, 6.45) is 0. The van der Waals surface area contributed by atoms with E-state index in [0.29, 0.717) is 0 Å². The van der Waals surface area contributed by atoms with E-state index in [0.717, 1.165) is 23.3 Å². The van der Waals surface area contributed by atoms with Gasteiger partial charge in [-0.1, -0.05) is 12.1 Å². The number of halogens is 1. The average Bonchev–Trinajstić information content (AvgIpc) is 2.35. The first-order valence-electron chi connectivity index (χ1n) is 6.24. The Kier molecular flexibility index (Phi) is 3.92. The lowest BCUT2D eigenvalue weighted by Crippen LogP contribution is -2.44. The molecule has 4 nitrogen and oxygen atoms in total. The smallest absolute Gasteiger partial charge is 0.224 e. The van der Waals surface area contributed by atoms with E-state index in [2.05, 4.69) is 48.1 Å². The number of rotatable bonds is 4. The van der Waals surface area contributed by atoms with E-state index >= 15 is 0 Å². The Morgan fingerprint density at radius 3 is 2.58 bits per heavy atom. The number of hydrogen-bond donors (Lipinski definition) is 1. The van der Waals surface area contributed by atoms with Crippen LogP contribution >= 0.6 is 11.6 Å². The maximum atomic E-state index is 5.96. The second-order valence-electron chi connectivity index (χ2n) is 5.42. The number of para-hydroxylation sites is 1. The van der Waals surface area contributed by atoms with Gasteiger partial charge in [0.2, 0.25) is 5.28 Å². The highest BCUT2D eigenvalue weighted by molar-refractivity contribution is 6.28. The van der Waals surface area contributed by atoms with Gasteiger partial charge in [0.05, 0.1) is 5.52 Å². The van der Waals surface area contributed by atoms with E-state index in [9.17, 15) is 0 Å². The predicted molar refractivity (Wildman–Crippen MR) is 80.8 cm³/mol. The summed E-state index contributed by atoms with van der Waals surface area (Å²) in [5.41, 5.74) is 0.881. The molecule has 0 fully saturated rings. The fourth-order valence-electron chi connectivity index (χ4n) is 1.64. The lowest BCUT2D eigenvalue weighted by atomic mass is 10.0. The topological polar surface area (TPSA) is 41.0 Å². The van der Waals surface area contributed by atoms with Crippen molar-refractivity contribution in [1.29, 1.82) is 0 Å². The van der Waals surface area contributed by atoms with Crippen LogP contribution in [0, 0.1) is 0 Å². The molecule has 1 N–H and O–H groups in total. The molecular weight excluding hydrogens is 260 g/mol. The summed E-state index contributed by atoms with van der Waals surface area (Å²) in [7, 11) is 4.12. The van der Waals surface area contributed by atoms with Crippen LogP contribution in [0.2, 0.25) is 5.28 Å². The Balaban J connectivity index is 2.30. The highest BCUT2D eigenvalue weighted by atomic mass is 35.5. The molecule has 0 aliphatic rings. The predicted octanol–water partition coefficient (Wildman–Crippen LogP) is 3.04. The minimum absolute atomic E-state index is 0.0263. The number of nitrogens with zero attached hydrogens (tertiary/aromatic N) is 3. The van der Waals surface area contributed by atoms with Crippen LogP contribution in [0.4, 0.5) is 5.82 Å². The van der Waals surface area contributed by atoms with E-state index in [4.69, 9.17) is 11.6 Å². The molecule has 2 rings (SSSR count). The van der Waals surface area contributed by atoms with Gasteiger partial charge in [-0.3, -0.25) is 0 Å². The Hall–Kier alpha value is -1.39. The quantitative estimate of drug-likeness (QED) is 0.873. The Labute approximate surface area is 118 Å². The van der Waals surface area contributed by atoms with Crippen LogP contribution in [0.1, 0.15) is 13.8 Å². The fraction of sp³-hybridized carbons (Fsp3) is 0.429. The molecule has 0 atom stereocenters. The number of hydrogen-bond acceptors (Lipinski definition) is 4. The second-order valence-corrected chi connectivity index (χ2v) is 5.76. The molecule has 1 heterocycles. The third-order valence-electron chi connectivity index (χ3n) is 3.48. The molecule has 0 radical (unpaired) electrons. The zero-order chi connectivity index (χ0) is 14.0. The van der Waals surface area contributed by atoms with E-state index in [1.165, 1.54) is 0 Å². The average molecular weight is 279 g/mol. The molecule has 1 aromatic heterocycles. The third-order valence-corrected chi connectivity index (χ3v) is 3.64. The van der Waals surface area contributed by atoms with Gasteiger partial charge in [0.15, 0.2) is 0 Å². The second kappa shape index (κ2) is 5.31. The van der Waals surface area contributed by atoms with Crippen LogP contribution in [0.5, 0.6) is 0 Å². The Bertz CT molecular complexity index is 581. The molecule has 0 bridgehead atoms. The summed E-state index contributed by atoms with van der Waals surface area (Å²) < 4.78 is 0. The van der Waals surface area contributed by atoms with Crippen molar-refractivity contribution in [2.75, 3.05) is 26.0 Å². The van der Waals surface area contributed by atoms with E-state index in [1.54, 1.807) is 0 Å². The molecule has 0 saturated carbocycles. The zero-order valence-corrected chi connectivity index (χ0v) is 12.5. The monoisotopic (exact) mass is 278 g/mol. The van der Waals surface area contributed by atoms with Gasteiger partial charge in [-0.2, -0.15) is 0 Å². The first kappa shape index (κ1) is 14.0. The normalized spacial score (nSPS) is 12.1. The van der Waals surface area contributed by atoms with Crippen LogP contribution in [-0.2, 0) is 0 Å². The van der Waals surface area contributed by atoms with Gasteiger partial charge in [-0.25, -0.2) is 9.97 Å². The zero-order valence-electron chi connectivity index (χ0n) is 11.7. The van der Waals surface area contributed by atoms with E-state index < -0.39 is 0 Å². The SMILES string of the molecule is CN(C)C(C)(C)CNc1nc(Cl)nc2ccccc12. The highest BCUT2D eigenvalue weighted by Gasteiger charge is 2.20. The van der Waals surface area contributed by atoms with Crippen molar-refractivity contribution < 1.29 is 0 Å². The van der Waals surface area contributed by atoms with Crippen molar-refractivity contribution in [2.24, 2.45) is 0 Å². The minimum atomic E-state index is 0.0263. The van der Waals surface area contributed by atoms with Crippen LogP contribution < -0.4 is 5.32 Å². The van der Waals surface area contributed by atoms with Crippen LogP contribution in [0.25, 0.3) is 10.9 Å². The Morgan fingerprint density at radius 2 is 1.89 bits per heavy atom. The molecule has 1 aromatic carbocycles. The standard InChI is InChI=1S/C14H19ClN4/c1-14(2,19(3)4)9-16-12-10-7-5-6-8-11(10)17-13(15)18-12/h5-8H,9H2,1-4H3,(H,16,17,18). The van der Waals surface area contributed by atoms with Gasteiger partial charge >= 0.3 is 0 Å². The van der Waals surface area contributed by atoms with Crippen molar-refractivity contribution >= 4 is 28.3 Å². The summed E-state index contributed by atoms with van der Waals surface area (Å²) in [4.78, 5) is 10.7. The molecular formula is C14H19ClN4. The van der Waals surface area contributed by atoms with E-state index in [1.807, 2.05) is 24.3 Å². The molecule has 0 spiro atoms. The molecule has 19 heavy (non-hydrogen) atoms. The molecule has 102 valence electrons. The number of anilines is 1. The fourth-order valence-corrected chi connectivity index (χ4v) is 1.82. The molecule has 0 unspecified atom stereocenters. The lowest BCUT2D eigenvalue weighted by molar-refractivity contribution is 0.210. The molecule has 0 saturated heterocycles. The number of fused-ring (bicyclic) bond motifs is 1. The van der Waals surface area contributed by atoms with Gasteiger partial charge in [0.25, 0.3) is 0 Å². The van der Waals surface area contributed by atoms with Gasteiger partial charge in [-0.15, -0.1) is 0 Å². The van der Waals surface area contributed by atoms with Gasteiger partial charge < -0.3 is 10.2 Å². The van der Waals surface area contributed by atoms with Crippen LogP contribution in [-0.4, -0.2) is 41.0 Å². The van der Waals surface area contributed by atoms with Crippen molar-refractivity contribution in [3.63, 3.8) is 0 Å².